The van der Waals surface area contributed by atoms with E-state index < -0.39 is 37.2 Å². The zero-order valence-electron chi connectivity index (χ0n) is 7.65. The molecular formula is C5H10O8S2. The monoisotopic (exact) mass is 262 g/mol. The molecule has 0 atom stereocenters. The van der Waals surface area contributed by atoms with Crippen LogP contribution in [0.25, 0.3) is 0 Å². The molecule has 0 aliphatic carbocycles. The zero-order chi connectivity index (χ0) is 12.3. The first kappa shape index (κ1) is 14.3. The maximum absolute atomic E-state index is 10.8. The van der Waals surface area contributed by atoms with Gasteiger partial charge < -0.3 is 4.74 Å². The number of esters is 1. The van der Waals surface area contributed by atoms with Crippen molar-refractivity contribution in [1.82, 2.24) is 0 Å². The first-order valence-corrected chi connectivity index (χ1v) is 6.68. The highest BCUT2D eigenvalue weighted by Gasteiger charge is 2.38. The Labute approximate surface area is 86.7 Å². The van der Waals surface area contributed by atoms with Gasteiger partial charge in [-0.05, 0) is 6.92 Å². The third kappa shape index (κ3) is 5.06. The fraction of sp³-hybridized carbons (Fsp3) is 0.800. The van der Waals surface area contributed by atoms with E-state index in [1.54, 1.807) is 0 Å². The number of hydrogen-bond acceptors (Lipinski definition) is 6. The summed E-state index contributed by atoms with van der Waals surface area (Å²) >= 11 is 0. The quantitative estimate of drug-likeness (QED) is 0.477. The van der Waals surface area contributed by atoms with Crippen molar-refractivity contribution in [3.8, 4) is 0 Å². The van der Waals surface area contributed by atoms with Crippen molar-refractivity contribution in [2.24, 2.45) is 0 Å². The second-order valence-electron chi connectivity index (χ2n) is 2.47. The summed E-state index contributed by atoms with van der Waals surface area (Å²) in [4.78, 5) is 10.8. The smallest absolute Gasteiger partial charge is 0.308 e. The van der Waals surface area contributed by atoms with Crippen molar-refractivity contribution < 1.29 is 35.5 Å². The standard InChI is InChI=1S/C5H10O8S2/c1-2-13-4(6)3-5(14(7,8)9)15(10,11)12/h5H,2-3H2,1H3,(H,7,8,9)(H,10,11,12). The predicted octanol–water partition coefficient (Wildman–Crippen LogP) is -0.959. The van der Waals surface area contributed by atoms with E-state index in [4.69, 9.17) is 9.11 Å². The molecular weight excluding hydrogens is 252 g/mol. The second-order valence-corrected chi connectivity index (χ2v) is 5.97. The maximum Gasteiger partial charge on any atom is 0.308 e. The molecule has 0 amide bonds. The Kier molecular flexibility index (Phi) is 4.65. The third-order valence-electron chi connectivity index (χ3n) is 1.30. The van der Waals surface area contributed by atoms with Crippen molar-refractivity contribution in [3.63, 3.8) is 0 Å². The van der Waals surface area contributed by atoms with Gasteiger partial charge in [0.1, 0.15) is 0 Å². The van der Waals surface area contributed by atoms with Gasteiger partial charge in [0.05, 0.1) is 13.0 Å². The van der Waals surface area contributed by atoms with Crippen LogP contribution in [0.15, 0.2) is 0 Å². The Morgan fingerprint density at radius 3 is 1.87 bits per heavy atom. The summed E-state index contributed by atoms with van der Waals surface area (Å²) in [6.07, 6.45) is -1.16. The van der Waals surface area contributed by atoms with Gasteiger partial charge in [-0.3, -0.25) is 13.9 Å². The van der Waals surface area contributed by atoms with Gasteiger partial charge in [-0.1, -0.05) is 0 Å². The van der Waals surface area contributed by atoms with Crippen LogP contribution in [0.5, 0.6) is 0 Å². The molecule has 0 radical (unpaired) electrons. The van der Waals surface area contributed by atoms with Crippen molar-refractivity contribution in [2.45, 2.75) is 17.9 Å². The molecule has 0 aromatic heterocycles. The Morgan fingerprint density at radius 1 is 1.20 bits per heavy atom. The molecule has 0 bridgehead atoms. The lowest BCUT2D eigenvalue weighted by molar-refractivity contribution is -0.142. The highest BCUT2D eigenvalue weighted by molar-refractivity contribution is 8.04. The minimum atomic E-state index is -5.07. The number of carbonyl (C=O) groups excluding carboxylic acids is 1. The number of ether oxygens (including phenoxy) is 1. The molecule has 0 aliphatic heterocycles. The van der Waals surface area contributed by atoms with Crippen LogP contribution in [0.2, 0.25) is 0 Å². The molecule has 90 valence electrons. The van der Waals surface area contributed by atoms with Gasteiger partial charge in [0.25, 0.3) is 20.2 Å². The van der Waals surface area contributed by atoms with Crippen molar-refractivity contribution in [1.29, 1.82) is 0 Å². The Hall–Kier alpha value is -0.710. The summed E-state index contributed by atoms with van der Waals surface area (Å²) in [5, 5.41) is 0. The van der Waals surface area contributed by atoms with Crippen LogP contribution < -0.4 is 0 Å². The molecule has 15 heavy (non-hydrogen) atoms. The van der Waals surface area contributed by atoms with E-state index in [0.717, 1.165) is 0 Å². The molecule has 0 aromatic carbocycles. The third-order valence-corrected chi connectivity index (χ3v) is 4.42. The maximum atomic E-state index is 10.8. The summed E-state index contributed by atoms with van der Waals surface area (Å²) < 4.78 is 60.7. The molecule has 0 rings (SSSR count). The molecule has 0 heterocycles. The van der Waals surface area contributed by atoms with Crippen LogP contribution in [-0.4, -0.2) is 43.1 Å². The summed E-state index contributed by atoms with van der Waals surface area (Å²) in [6.45, 7) is 1.34. The average Bonchev–Trinajstić information content (AvgIpc) is 1.96. The normalized spacial score (nSPS) is 12.8. The SMILES string of the molecule is CCOC(=O)CC(S(=O)(=O)O)S(=O)(=O)O. The number of rotatable bonds is 5. The number of hydrogen-bond donors (Lipinski definition) is 2. The van der Waals surface area contributed by atoms with Gasteiger partial charge >= 0.3 is 5.97 Å². The summed E-state index contributed by atoms with van der Waals surface area (Å²) in [5.41, 5.74) is 0. The minimum absolute atomic E-state index is 0.0808. The Morgan fingerprint density at radius 2 is 1.60 bits per heavy atom. The molecule has 0 saturated heterocycles. The fourth-order valence-corrected chi connectivity index (χ4v) is 2.64. The van der Waals surface area contributed by atoms with E-state index in [1.807, 2.05) is 0 Å². The van der Waals surface area contributed by atoms with Gasteiger partial charge in [-0.15, -0.1) is 0 Å². The van der Waals surface area contributed by atoms with E-state index in [2.05, 4.69) is 4.74 Å². The van der Waals surface area contributed by atoms with Gasteiger partial charge in [0.2, 0.25) is 4.58 Å². The molecule has 0 spiro atoms. The molecule has 10 heteroatoms. The highest BCUT2D eigenvalue weighted by atomic mass is 32.3. The van der Waals surface area contributed by atoms with E-state index in [9.17, 15) is 21.6 Å². The van der Waals surface area contributed by atoms with Gasteiger partial charge in [-0.2, -0.15) is 16.8 Å². The van der Waals surface area contributed by atoms with Crippen LogP contribution in [0.1, 0.15) is 13.3 Å². The van der Waals surface area contributed by atoms with E-state index in [0.29, 0.717) is 0 Å². The largest absolute Gasteiger partial charge is 0.466 e. The van der Waals surface area contributed by atoms with Crippen LogP contribution in [0.4, 0.5) is 0 Å². The molecule has 0 aromatic rings. The van der Waals surface area contributed by atoms with Crippen LogP contribution in [-0.2, 0) is 29.8 Å². The molecule has 0 saturated carbocycles. The lowest BCUT2D eigenvalue weighted by atomic mass is 10.5. The fourth-order valence-electron chi connectivity index (χ4n) is 0.720. The van der Waals surface area contributed by atoms with Gasteiger partial charge in [0, 0.05) is 0 Å². The molecule has 2 N–H and O–H groups in total. The highest BCUT2D eigenvalue weighted by Crippen LogP contribution is 2.12. The van der Waals surface area contributed by atoms with E-state index >= 15 is 0 Å². The lowest BCUT2D eigenvalue weighted by Gasteiger charge is -2.09. The lowest BCUT2D eigenvalue weighted by Crippen LogP contribution is -2.32. The van der Waals surface area contributed by atoms with Crippen molar-refractivity contribution in [3.05, 3.63) is 0 Å². The van der Waals surface area contributed by atoms with Crippen LogP contribution in [0, 0.1) is 0 Å². The molecule has 8 nitrogen and oxygen atoms in total. The van der Waals surface area contributed by atoms with Gasteiger partial charge in [0.15, 0.2) is 0 Å². The Bertz CT molecular complexity index is 386. The zero-order valence-corrected chi connectivity index (χ0v) is 9.28. The predicted molar refractivity (Wildman–Crippen MR) is 48.1 cm³/mol. The molecule has 0 aliphatic rings. The summed E-state index contributed by atoms with van der Waals surface area (Å²) in [7, 11) is -10.1. The van der Waals surface area contributed by atoms with Crippen LogP contribution in [0.3, 0.4) is 0 Å². The topological polar surface area (TPSA) is 135 Å². The van der Waals surface area contributed by atoms with Gasteiger partial charge in [-0.25, -0.2) is 0 Å². The second kappa shape index (κ2) is 4.88. The summed E-state index contributed by atoms with van der Waals surface area (Å²) in [5.74, 6) is -1.15. The van der Waals surface area contributed by atoms with Crippen molar-refractivity contribution >= 4 is 26.2 Å². The average molecular weight is 262 g/mol. The minimum Gasteiger partial charge on any atom is -0.466 e. The first-order valence-electron chi connectivity index (χ1n) is 3.67. The van der Waals surface area contributed by atoms with Crippen molar-refractivity contribution in [2.75, 3.05) is 6.61 Å². The molecule has 0 unspecified atom stereocenters. The summed E-state index contributed by atoms with van der Waals surface area (Å²) in [6, 6.07) is 0. The van der Waals surface area contributed by atoms with E-state index in [-0.39, 0.29) is 6.61 Å². The molecule has 0 fully saturated rings. The Balaban J connectivity index is 4.95. The van der Waals surface area contributed by atoms with E-state index in [1.165, 1.54) is 6.92 Å². The van der Waals surface area contributed by atoms with Crippen LogP contribution >= 0.6 is 0 Å². The first-order chi connectivity index (χ1) is 6.59. The number of carbonyl (C=O) groups is 1.